The molecule has 0 spiro atoms. The van der Waals surface area contributed by atoms with Crippen LogP contribution in [0.2, 0.25) is 5.02 Å². The van der Waals surface area contributed by atoms with Crippen LogP contribution in [0.5, 0.6) is 0 Å². The molecule has 0 saturated carbocycles. The number of ether oxygens (including phenoxy) is 2. The van der Waals surface area contributed by atoms with Crippen LogP contribution in [0.15, 0.2) is 24.3 Å². The van der Waals surface area contributed by atoms with Gasteiger partial charge in [0.15, 0.2) is 5.79 Å². The molecule has 2 atom stereocenters. The van der Waals surface area contributed by atoms with Gasteiger partial charge in [0.05, 0.1) is 12.7 Å². The molecule has 1 aliphatic heterocycles. The summed E-state index contributed by atoms with van der Waals surface area (Å²) in [7, 11) is 0. The molecular weight excluding hydrogens is 291 g/mol. The minimum Gasteiger partial charge on any atom is -0.343 e. The lowest BCUT2D eigenvalue weighted by Gasteiger charge is -2.27. The van der Waals surface area contributed by atoms with E-state index in [1.807, 2.05) is 31.2 Å². The second-order valence-electron chi connectivity index (χ2n) is 3.94. The molecule has 1 saturated heterocycles. The van der Waals surface area contributed by atoms with E-state index in [2.05, 4.69) is 15.9 Å². The second-order valence-corrected chi connectivity index (χ2v) is 5.17. The molecule has 0 N–H and O–H groups in total. The standard InChI is InChI=1S/C12H14BrClO2/c1-9-8-15-12(16-9,6-7-13)10-2-4-11(14)5-3-10/h2-5,9H,6-8H2,1H3. The number of halogens is 2. The molecule has 88 valence electrons. The van der Waals surface area contributed by atoms with Gasteiger partial charge in [-0.15, -0.1) is 0 Å². The van der Waals surface area contributed by atoms with Gasteiger partial charge < -0.3 is 9.47 Å². The maximum atomic E-state index is 5.92. The fourth-order valence-corrected chi connectivity index (χ4v) is 2.55. The minimum absolute atomic E-state index is 0.134. The highest BCUT2D eigenvalue weighted by atomic mass is 79.9. The first-order valence-electron chi connectivity index (χ1n) is 5.30. The average molecular weight is 306 g/mol. The van der Waals surface area contributed by atoms with E-state index < -0.39 is 5.79 Å². The van der Waals surface area contributed by atoms with Crippen molar-refractivity contribution in [1.29, 1.82) is 0 Å². The Balaban J connectivity index is 2.28. The van der Waals surface area contributed by atoms with E-state index in [1.54, 1.807) is 0 Å². The third-order valence-corrected chi connectivity index (χ3v) is 3.30. The van der Waals surface area contributed by atoms with Crippen LogP contribution in [-0.4, -0.2) is 18.0 Å². The van der Waals surface area contributed by atoms with Gasteiger partial charge in [0, 0.05) is 22.3 Å². The van der Waals surface area contributed by atoms with E-state index >= 15 is 0 Å². The first-order valence-corrected chi connectivity index (χ1v) is 6.80. The summed E-state index contributed by atoms with van der Waals surface area (Å²) in [6.45, 7) is 2.65. The molecule has 2 rings (SSSR count). The fraction of sp³-hybridized carbons (Fsp3) is 0.500. The molecule has 1 aliphatic rings. The summed E-state index contributed by atoms with van der Waals surface area (Å²) in [6, 6.07) is 7.65. The fourth-order valence-electron chi connectivity index (χ4n) is 1.90. The van der Waals surface area contributed by atoms with Crippen LogP contribution in [0.4, 0.5) is 0 Å². The summed E-state index contributed by atoms with van der Waals surface area (Å²) in [4.78, 5) is 0. The second kappa shape index (κ2) is 5.05. The van der Waals surface area contributed by atoms with Gasteiger partial charge >= 0.3 is 0 Å². The van der Waals surface area contributed by atoms with Crippen molar-refractivity contribution < 1.29 is 9.47 Å². The third-order valence-electron chi connectivity index (χ3n) is 2.65. The predicted octanol–water partition coefficient (Wildman–Crippen LogP) is 3.71. The summed E-state index contributed by atoms with van der Waals surface area (Å²) in [5, 5.41) is 1.56. The minimum atomic E-state index is -0.604. The number of hydrogen-bond acceptors (Lipinski definition) is 2. The molecular formula is C12H14BrClO2. The van der Waals surface area contributed by atoms with Crippen LogP contribution >= 0.6 is 27.5 Å². The number of hydrogen-bond donors (Lipinski definition) is 0. The molecule has 0 amide bonds. The number of alkyl halides is 1. The normalized spacial score (nSPS) is 29.6. The van der Waals surface area contributed by atoms with Crippen molar-refractivity contribution >= 4 is 27.5 Å². The Morgan fingerprint density at radius 2 is 2.12 bits per heavy atom. The third kappa shape index (κ3) is 2.43. The maximum Gasteiger partial charge on any atom is 0.196 e. The predicted molar refractivity (Wildman–Crippen MR) is 68.0 cm³/mol. The van der Waals surface area contributed by atoms with Gasteiger partial charge in [-0.05, 0) is 19.1 Å². The van der Waals surface area contributed by atoms with Crippen LogP contribution in [0.1, 0.15) is 18.9 Å². The lowest BCUT2D eigenvalue weighted by atomic mass is 10.0. The van der Waals surface area contributed by atoms with Gasteiger partial charge in [-0.3, -0.25) is 0 Å². The summed E-state index contributed by atoms with van der Waals surface area (Å²) in [5.74, 6) is -0.604. The van der Waals surface area contributed by atoms with Gasteiger partial charge in [0.2, 0.25) is 0 Å². The maximum absolute atomic E-state index is 5.92. The lowest BCUT2D eigenvalue weighted by Crippen LogP contribution is -2.28. The molecule has 16 heavy (non-hydrogen) atoms. The Hall–Kier alpha value is -0.0900. The monoisotopic (exact) mass is 304 g/mol. The quantitative estimate of drug-likeness (QED) is 0.793. The largest absolute Gasteiger partial charge is 0.343 e. The molecule has 1 fully saturated rings. The Labute approximate surface area is 109 Å². The van der Waals surface area contributed by atoms with E-state index in [0.29, 0.717) is 6.61 Å². The topological polar surface area (TPSA) is 18.5 Å². The van der Waals surface area contributed by atoms with Crippen LogP contribution in [-0.2, 0) is 15.3 Å². The average Bonchev–Trinajstić information content (AvgIpc) is 2.63. The van der Waals surface area contributed by atoms with E-state index in [4.69, 9.17) is 21.1 Å². The molecule has 0 aromatic heterocycles. The van der Waals surface area contributed by atoms with Gasteiger partial charge in [-0.2, -0.15) is 0 Å². The van der Waals surface area contributed by atoms with Gasteiger partial charge in [0.1, 0.15) is 0 Å². The number of rotatable bonds is 3. The highest BCUT2D eigenvalue weighted by molar-refractivity contribution is 9.09. The first kappa shape index (κ1) is 12.4. The van der Waals surface area contributed by atoms with E-state index in [1.165, 1.54) is 0 Å². The van der Waals surface area contributed by atoms with Gasteiger partial charge in [0.25, 0.3) is 0 Å². The molecule has 2 unspecified atom stereocenters. The van der Waals surface area contributed by atoms with Crippen molar-refractivity contribution in [2.24, 2.45) is 0 Å². The highest BCUT2D eigenvalue weighted by Gasteiger charge is 2.40. The van der Waals surface area contributed by atoms with Crippen molar-refractivity contribution in [2.75, 3.05) is 11.9 Å². The molecule has 2 nitrogen and oxygen atoms in total. The zero-order valence-electron chi connectivity index (χ0n) is 9.08. The highest BCUT2D eigenvalue weighted by Crippen LogP contribution is 2.38. The Bertz CT molecular complexity index is 351. The van der Waals surface area contributed by atoms with Crippen molar-refractivity contribution in [3.8, 4) is 0 Å². The lowest BCUT2D eigenvalue weighted by molar-refractivity contribution is -0.176. The first-order chi connectivity index (χ1) is 7.66. The summed E-state index contributed by atoms with van der Waals surface area (Å²) in [6.07, 6.45) is 0.925. The van der Waals surface area contributed by atoms with Crippen LogP contribution < -0.4 is 0 Å². The smallest absolute Gasteiger partial charge is 0.196 e. The Morgan fingerprint density at radius 1 is 1.44 bits per heavy atom. The van der Waals surface area contributed by atoms with Crippen LogP contribution in [0, 0.1) is 0 Å². The molecule has 0 bridgehead atoms. The molecule has 4 heteroatoms. The van der Waals surface area contributed by atoms with E-state index in [9.17, 15) is 0 Å². The van der Waals surface area contributed by atoms with Crippen LogP contribution in [0.25, 0.3) is 0 Å². The Kier molecular flexibility index (Phi) is 3.90. The van der Waals surface area contributed by atoms with Crippen molar-refractivity contribution in [3.05, 3.63) is 34.9 Å². The van der Waals surface area contributed by atoms with Crippen molar-refractivity contribution in [2.45, 2.75) is 25.2 Å². The van der Waals surface area contributed by atoms with E-state index in [-0.39, 0.29) is 6.10 Å². The van der Waals surface area contributed by atoms with Crippen LogP contribution in [0.3, 0.4) is 0 Å². The molecule has 1 aromatic carbocycles. The zero-order chi connectivity index (χ0) is 11.6. The Morgan fingerprint density at radius 3 is 2.62 bits per heavy atom. The van der Waals surface area contributed by atoms with Crippen molar-refractivity contribution in [1.82, 2.24) is 0 Å². The summed E-state index contributed by atoms with van der Waals surface area (Å²) < 4.78 is 11.7. The summed E-state index contributed by atoms with van der Waals surface area (Å²) in [5.41, 5.74) is 1.03. The van der Waals surface area contributed by atoms with Gasteiger partial charge in [-0.25, -0.2) is 0 Å². The molecule has 1 aromatic rings. The molecule has 0 radical (unpaired) electrons. The van der Waals surface area contributed by atoms with Crippen molar-refractivity contribution in [3.63, 3.8) is 0 Å². The zero-order valence-corrected chi connectivity index (χ0v) is 11.4. The SMILES string of the molecule is CC1COC(CCBr)(c2ccc(Cl)cc2)O1. The molecule has 1 heterocycles. The number of benzene rings is 1. The van der Waals surface area contributed by atoms with E-state index in [0.717, 1.165) is 22.3 Å². The summed E-state index contributed by atoms with van der Waals surface area (Å²) >= 11 is 9.32. The van der Waals surface area contributed by atoms with Gasteiger partial charge in [-0.1, -0.05) is 39.7 Å². The molecule has 0 aliphatic carbocycles.